The van der Waals surface area contributed by atoms with Crippen molar-refractivity contribution in [1.82, 2.24) is 0 Å². The molecular formula is C8H12O4. The summed E-state index contributed by atoms with van der Waals surface area (Å²) in [5, 5.41) is 0. The van der Waals surface area contributed by atoms with Crippen LogP contribution < -0.4 is 0 Å². The van der Waals surface area contributed by atoms with Gasteiger partial charge >= 0.3 is 5.97 Å². The predicted molar refractivity (Wildman–Crippen MR) is 42.7 cm³/mol. The van der Waals surface area contributed by atoms with Gasteiger partial charge in [0, 0.05) is 5.57 Å². The van der Waals surface area contributed by atoms with Gasteiger partial charge in [-0.25, -0.2) is 4.79 Å². The molecule has 0 aromatic carbocycles. The molecule has 0 spiro atoms. The molecule has 0 saturated carbocycles. The molecule has 0 bridgehead atoms. The molecule has 0 saturated heterocycles. The molecule has 0 aliphatic rings. The van der Waals surface area contributed by atoms with E-state index in [1.54, 1.807) is 6.92 Å². The normalized spacial score (nSPS) is 9.08. The fourth-order valence-corrected chi connectivity index (χ4v) is 0.448. The maximum atomic E-state index is 10.7. The van der Waals surface area contributed by atoms with Crippen molar-refractivity contribution in [2.24, 2.45) is 0 Å². The molecule has 0 radical (unpaired) electrons. The smallest absolute Gasteiger partial charge is 0.333 e. The van der Waals surface area contributed by atoms with Crippen LogP contribution in [-0.2, 0) is 19.1 Å². The first-order chi connectivity index (χ1) is 5.68. The highest BCUT2D eigenvalue weighted by Crippen LogP contribution is 1.91. The first-order valence-electron chi connectivity index (χ1n) is 3.52. The van der Waals surface area contributed by atoms with Crippen molar-refractivity contribution in [2.75, 3.05) is 19.8 Å². The van der Waals surface area contributed by atoms with Gasteiger partial charge in [-0.15, -0.1) is 0 Å². The number of carbonyl (C=O) groups excluding carboxylic acids is 2. The van der Waals surface area contributed by atoms with Crippen LogP contribution in [0.4, 0.5) is 0 Å². The quantitative estimate of drug-likeness (QED) is 0.250. The molecule has 0 N–H and O–H groups in total. The van der Waals surface area contributed by atoms with Crippen LogP contribution in [0.2, 0.25) is 0 Å². The zero-order valence-electron chi connectivity index (χ0n) is 7.04. The highest BCUT2D eigenvalue weighted by Gasteiger charge is 2.01. The average Bonchev–Trinajstić information content (AvgIpc) is 2.03. The molecule has 12 heavy (non-hydrogen) atoms. The van der Waals surface area contributed by atoms with Crippen molar-refractivity contribution in [3.05, 3.63) is 12.2 Å². The van der Waals surface area contributed by atoms with Gasteiger partial charge in [-0.1, -0.05) is 6.58 Å². The van der Waals surface area contributed by atoms with E-state index in [0.717, 1.165) is 0 Å². The van der Waals surface area contributed by atoms with Crippen molar-refractivity contribution in [3.8, 4) is 0 Å². The topological polar surface area (TPSA) is 52.6 Å². The van der Waals surface area contributed by atoms with E-state index in [1.165, 1.54) is 0 Å². The molecule has 68 valence electrons. The third-order valence-electron chi connectivity index (χ3n) is 0.995. The largest absolute Gasteiger partial charge is 0.460 e. The molecule has 0 atom stereocenters. The molecule has 4 nitrogen and oxygen atoms in total. The molecule has 4 heteroatoms. The third-order valence-corrected chi connectivity index (χ3v) is 0.995. The van der Waals surface area contributed by atoms with Crippen LogP contribution in [0.25, 0.3) is 0 Å². The molecule has 0 aliphatic heterocycles. The second-order valence-electron chi connectivity index (χ2n) is 2.16. The van der Waals surface area contributed by atoms with Gasteiger partial charge in [0.05, 0.1) is 6.61 Å². The van der Waals surface area contributed by atoms with Gasteiger partial charge in [-0.2, -0.15) is 0 Å². The van der Waals surface area contributed by atoms with Crippen molar-refractivity contribution in [1.29, 1.82) is 0 Å². The second-order valence-corrected chi connectivity index (χ2v) is 2.16. The maximum absolute atomic E-state index is 10.7. The zero-order chi connectivity index (χ0) is 9.40. The lowest BCUT2D eigenvalue weighted by atomic mass is 10.4. The predicted octanol–water partition coefficient (Wildman–Crippen LogP) is 0.321. The summed E-state index contributed by atoms with van der Waals surface area (Å²) in [5.41, 5.74) is 0.352. The first-order valence-corrected chi connectivity index (χ1v) is 3.52. The summed E-state index contributed by atoms with van der Waals surface area (Å²) >= 11 is 0. The number of rotatable bonds is 6. The van der Waals surface area contributed by atoms with Crippen molar-refractivity contribution >= 4 is 12.3 Å². The summed E-state index contributed by atoms with van der Waals surface area (Å²) in [6.45, 7) is 5.38. The van der Waals surface area contributed by atoms with Gasteiger partial charge in [0.1, 0.15) is 19.5 Å². The van der Waals surface area contributed by atoms with E-state index in [-0.39, 0.29) is 19.8 Å². The highest BCUT2D eigenvalue weighted by atomic mass is 16.6. The summed E-state index contributed by atoms with van der Waals surface area (Å²) in [6, 6.07) is 0. The summed E-state index contributed by atoms with van der Waals surface area (Å²) in [4.78, 5) is 20.5. The molecule has 0 rings (SSSR count). The SMILES string of the molecule is C=C(C)C(=O)OCCOCC=O. The third kappa shape index (κ3) is 5.61. The number of esters is 1. The minimum atomic E-state index is -0.440. The van der Waals surface area contributed by atoms with Gasteiger partial charge in [-0.3, -0.25) is 0 Å². The molecule has 0 heterocycles. The van der Waals surface area contributed by atoms with Crippen LogP contribution in [0, 0.1) is 0 Å². The lowest BCUT2D eigenvalue weighted by Gasteiger charge is -2.02. The van der Waals surface area contributed by atoms with Gasteiger partial charge in [0.2, 0.25) is 0 Å². The van der Waals surface area contributed by atoms with Gasteiger partial charge < -0.3 is 14.3 Å². The summed E-state index contributed by atoms with van der Waals surface area (Å²) < 4.78 is 9.41. The Labute approximate surface area is 71.2 Å². The zero-order valence-corrected chi connectivity index (χ0v) is 7.04. The molecule has 0 aliphatic carbocycles. The van der Waals surface area contributed by atoms with E-state index in [1.807, 2.05) is 0 Å². The standard InChI is InChI=1S/C8H12O4/c1-7(2)8(10)12-6-5-11-4-3-9/h3H,1,4-6H2,2H3. The Bertz CT molecular complexity index is 174. The molecule has 0 amide bonds. The lowest BCUT2D eigenvalue weighted by molar-refractivity contribution is -0.140. The van der Waals surface area contributed by atoms with Crippen LogP contribution in [-0.4, -0.2) is 32.1 Å². The molecular weight excluding hydrogens is 160 g/mol. The lowest BCUT2D eigenvalue weighted by Crippen LogP contribution is -2.11. The fourth-order valence-electron chi connectivity index (χ4n) is 0.448. The van der Waals surface area contributed by atoms with Crippen molar-refractivity contribution < 1.29 is 19.1 Å². The van der Waals surface area contributed by atoms with Crippen LogP contribution in [0.1, 0.15) is 6.92 Å². The molecule has 0 fully saturated rings. The minimum Gasteiger partial charge on any atom is -0.460 e. The molecule has 0 aromatic rings. The summed E-state index contributed by atoms with van der Waals surface area (Å²) in [5.74, 6) is -0.440. The Balaban J connectivity index is 3.25. The van der Waals surface area contributed by atoms with E-state index < -0.39 is 5.97 Å². The summed E-state index contributed by atoms with van der Waals surface area (Å²) in [7, 11) is 0. The Morgan fingerprint density at radius 2 is 2.17 bits per heavy atom. The Kier molecular flexibility index (Phi) is 5.91. The number of carbonyl (C=O) groups is 2. The number of hydrogen-bond donors (Lipinski definition) is 0. The van der Waals surface area contributed by atoms with Gasteiger partial charge in [-0.05, 0) is 6.92 Å². The molecule has 0 unspecified atom stereocenters. The highest BCUT2D eigenvalue weighted by molar-refractivity contribution is 5.86. The second kappa shape index (κ2) is 6.54. The van der Waals surface area contributed by atoms with E-state index >= 15 is 0 Å². The molecule has 0 aromatic heterocycles. The van der Waals surface area contributed by atoms with E-state index in [0.29, 0.717) is 11.9 Å². The van der Waals surface area contributed by atoms with E-state index in [4.69, 9.17) is 4.74 Å². The Morgan fingerprint density at radius 1 is 1.50 bits per heavy atom. The van der Waals surface area contributed by atoms with Crippen molar-refractivity contribution in [2.45, 2.75) is 6.92 Å². The van der Waals surface area contributed by atoms with E-state index in [9.17, 15) is 9.59 Å². The number of ether oxygens (including phenoxy) is 2. The summed E-state index contributed by atoms with van der Waals surface area (Å²) in [6.07, 6.45) is 0.639. The van der Waals surface area contributed by atoms with E-state index in [2.05, 4.69) is 11.3 Å². The Morgan fingerprint density at radius 3 is 2.67 bits per heavy atom. The number of hydrogen-bond acceptors (Lipinski definition) is 4. The van der Waals surface area contributed by atoms with Gasteiger partial charge in [0.25, 0.3) is 0 Å². The van der Waals surface area contributed by atoms with Crippen molar-refractivity contribution in [3.63, 3.8) is 0 Å². The fraction of sp³-hybridized carbons (Fsp3) is 0.500. The maximum Gasteiger partial charge on any atom is 0.333 e. The van der Waals surface area contributed by atoms with Crippen LogP contribution in [0.5, 0.6) is 0 Å². The monoisotopic (exact) mass is 172 g/mol. The first kappa shape index (κ1) is 10.8. The van der Waals surface area contributed by atoms with Gasteiger partial charge in [0.15, 0.2) is 0 Å². The van der Waals surface area contributed by atoms with Crippen LogP contribution in [0.3, 0.4) is 0 Å². The number of aldehydes is 1. The van der Waals surface area contributed by atoms with Crippen LogP contribution in [0.15, 0.2) is 12.2 Å². The van der Waals surface area contributed by atoms with Crippen LogP contribution >= 0.6 is 0 Å². The minimum absolute atomic E-state index is 0.0324. The average molecular weight is 172 g/mol. The Hall–Kier alpha value is -1.16.